The topological polar surface area (TPSA) is 16.1 Å². The van der Waals surface area contributed by atoms with Crippen molar-refractivity contribution in [2.75, 3.05) is 20.1 Å². The fourth-order valence-corrected chi connectivity index (χ4v) is 4.30. The van der Waals surface area contributed by atoms with Crippen molar-refractivity contribution in [2.45, 2.75) is 18.8 Å². The van der Waals surface area contributed by atoms with Crippen LogP contribution < -0.4 is 0 Å². The molecule has 2 aromatic heterocycles. The number of fused-ring (bicyclic) bond motifs is 1. The number of likely N-dealkylation sites (tertiary alicyclic amines) is 1. The Balaban J connectivity index is 1.76. The summed E-state index contributed by atoms with van der Waals surface area (Å²) in [6.07, 6.45) is 4.64. The lowest BCUT2D eigenvalue weighted by Crippen LogP contribution is -2.30. The normalized spacial score (nSPS) is 23.9. The summed E-state index contributed by atoms with van der Waals surface area (Å²) in [4.78, 5) is 9.79. The van der Waals surface area contributed by atoms with Crippen LogP contribution in [-0.2, 0) is 0 Å². The molecule has 1 aliphatic carbocycles. The van der Waals surface area contributed by atoms with Gasteiger partial charge >= 0.3 is 0 Å². The second-order valence-electron chi connectivity index (χ2n) is 4.98. The number of aromatic nitrogens is 1. The van der Waals surface area contributed by atoms with E-state index in [9.17, 15) is 0 Å². The van der Waals surface area contributed by atoms with Crippen LogP contribution in [0.15, 0.2) is 12.3 Å². The maximum atomic E-state index is 4.46. The number of hydrogen-bond acceptors (Lipinski definition) is 3. The van der Waals surface area contributed by atoms with Gasteiger partial charge in [-0.3, -0.25) is 0 Å². The molecule has 3 heterocycles. The summed E-state index contributed by atoms with van der Waals surface area (Å²) in [6.45, 7) is 2.49. The first-order valence-corrected chi connectivity index (χ1v) is 6.76. The number of thiophene rings is 1. The van der Waals surface area contributed by atoms with E-state index in [1.807, 2.05) is 17.5 Å². The molecule has 16 heavy (non-hydrogen) atoms. The smallest absolute Gasteiger partial charge is 0.124 e. The van der Waals surface area contributed by atoms with Gasteiger partial charge in [0.15, 0.2) is 0 Å². The lowest BCUT2D eigenvalue weighted by Gasteiger charge is -2.29. The third-order valence-electron chi connectivity index (χ3n) is 3.82. The summed E-state index contributed by atoms with van der Waals surface area (Å²) < 4.78 is 0. The van der Waals surface area contributed by atoms with E-state index < -0.39 is 0 Å². The average Bonchev–Trinajstić information content (AvgIpc) is 2.85. The van der Waals surface area contributed by atoms with Gasteiger partial charge in [0, 0.05) is 34.5 Å². The summed E-state index contributed by atoms with van der Waals surface area (Å²) in [5, 5.41) is 1.47. The fraction of sp³-hybridized carbons (Fsp3) is 0.462. The molecule has 2 nitrogen and oxygen atoms in total. The molecule has 1 fully saturated rings. The van der Waals surface area contributed by atoms with Gasteiger partial charge in [-0.05, 0) is 38.1 Å². The monoisotopic (exact) mass is 230 g/mol. The molecule has 0 radical (unpaired) electrons. The van der Waals surface area contributed by atoms with Crippen LogP contribution in [0.3, 0.4) is 0 Å². The Morgan fingerprint density at radius 3 is 3.19 bits per heavy atom. The van der Waals surface area contributed by atoms with Crippen molar-refractivity contribution in [1.29, 1.82) is 0 Å². The zero-order valence-electron chi connectivity index (χ0n) is 9.36. The Labute approximate surface area is 98.9 Å². The maximum Gasteiger partial charge on any atom is 0.124 e. The first kappa shape index (κ1) is 9.14. The molecule has 0 amide bonds. The Morgan fingerprint density at radius 2 is 2.44 bits per heavy atom. The van der Waals surface area contributed by atoms with E-state index in [2.05, 4.69) is 23.0 Å². The Kier molecular flexibility index (Phi) is 1.74. The Hall–Kier alpha value is -0.930. The SMILES string of the molecule is CN1CCCC(c2sc3nccc4c3c2-4)C1. The van der Waals surface area contributed by atoms with Gasteiger partial charge in [0.05, 0.1) is 0 Å². The molecule has 2 aromatic rings. The average molecular weight is 230 g/mol. The predicted octanol–water partition coefficient (Wildman–Crippen LogP) is 3.09. The van der Waals surface area contributed by atoms with Gasteiger partial charge in [0.1, 0.15) is 4.83 Å². The van der Waals surface area contributed by atoms with Gasteiger partial charge in [0.2, 0.25) is 0 Å². The summed E-state index contributed by atoms with van der Waals surface area (Å²) in [7, 11) is 2.24. The van der Waals surface area contributed by atoms with E-state index in [1.165, 1.54) is 41.7 Å². The van der Waals surface area contributed by atoms with Gasteiger partial charge in [-0.25, -0.2) is 4.98 Å². The summed E-state index contributed by atoms with van der Waals surface area (Å²) in [6, 6.07) is 2.17. The number of pyridine rings is 1. The molecular formula is C13H14N2S. The first-order valence-electron chi connectivity index (χ1n) is 5.95. The lowest BCUT2D eigenvalue weighted by atomic mass is 9.96. The molecule has 1 saturated heterocycles. The standard InChI is InChI=1S/C13H14N2S/c1-15-6-2-3-8(7-15)12-10-9-4-5-14-13(16-12)11(9)10/h4-5,8H,2-3,6-7H2,1H3. The quantitative estimate of drug-likeness (QED) is 0.638. The third kappa shape index (κ3) is 1.13. The van der Waals surface area contributed by atoms with E-state index in [0.717, 1.165) is 5.92 Å². The highest BCUT2D eigenvalue weighted by molar-refractivity contribution is 7.20. The summed E-state index contributed by atoms with van der Waals surface area (Å²) in [5.41, 5.74) is 3.03. The minimum atomic E-state index is 0.755. The van der Waals surface area contributed by atoms with Crippen LogP contribution in [0.5, 0.6) is 0 Å². The molecular weight excluding hydrogens is 216 g/mol. The second kappa shape index (κ2) is 3.05. The largest absolute Gasteiger partial charge is 0.306 e. The van der Waals surface area contributed by atoms with Crippen LogP contribution in [0, 0.1) is 0 Å². The minimum absolute atomic E-state index is 0.755. The maximum absolute atomic E-state index is 4.46. The highest BCUT2D eigenvalue weighted by Crippen LogP contribution is 2.56. The van der Waals surface area contributed by atoms with Gasteiger partial charge < -0.3 is 4.90 Å². The molecule has 1 aliphatic heterocycles. The summed E-state index contributed by atoms with van der Waals surface area (Å²) >= 11 is 1.93. The Morgan fingerprint density at radius 1 is 1.50 bits per heavy atom. The predicted molar refractivity (Wildman–Crippen MR) is 68.1 cm³/mol. The van der Waals surface area contributed by atoms with Crippen LogP contribution in [0.4, 0.5) is 0 Å². The summed E-state index contributed by atoms with van der Waals surface area (Å²) in [5.74, 6) is 0.755. The number of hydrogen-bond donors (Lipinski definition) is 0. The fourth-order valence-electron chi connectivity index (χ4n) is 2.99. The van der Waals surface area contributed by atoms with E-state index in [1.54, 1.807) is 10.4 Å². The number of rotatable bonds is 1. The van der Waals surface area contributed by atoms with Gasteiger partial charge in [-0.1, -0.05) is 0 Å². The molecule has 0 saturated carbocycles. The van der Waals surface area contributed by atoms with E-state index in [-0.39, 0.29) is 0 Å². The second-order valence-corrected chi connectivity index (χ2v) is 6.01. The molecule has 3 heteroatoms. The zero-order chi connectivity index (χ0) is 10.7. The van der Waals surface area contributed by atoms with E-state index >= 15 is 0 Å². The van der Waals surface area contributed by atoms with Crippen molar-refractivity contribution < 1.29 is 0 Å². The van der Waals surface area contributed by atoms with Crippen molar-refractivity contribution in [3.8, 4) is 11.1 Å². The van der Waals surface area contributed by atoms with Crippen molar-refractivity contribution >= 4 is 21.6 Å². The molecule has 82 valence electrons. The highest BCUT2D eigenvalue weighted by Gasteiger charge is 2.33. The van der Waals surface area contributed by atoms with Crippen molar-refractivity contribution in [3.63, 3.8) is 0 Å². The molecule has 1 unspecified atom stereocenters. The van der Waals surface area contributed by atoms with Gasteiger partial charge in [-0.15, -0.1) is 11.3 Å². The van der Waals surface area contributed by atoms with E-state index in [0.29, 0.717) is 0 Å². The van der Waals surface area contributed by atoms with Gasteiger partial charge in [-0.2, -0.15) is 0 Å². The van der Waals surface area contributed by atoms with Crippen LogP contribution in [0.1, 0.15) is 23.6 Å². The van der Waals surface area contributed by atoms with Gasteiger partial charge in [0.25, 0.3) is 0 Å². The minimum Gasteiger partial charge on any atom is -0.306 e. The van der Waals surface area contributed by atoms with Crippen LogP contribution in [-0.4, -0.2) is 30.0 Å². The van der Waals surface area contributed by atoms with Crippen molar-refractivity contribution in [1.82, 2.24) is 9.88 Å². The third-order valence-corrected chi connectivity index (χ3v) is 5.08. The van der Waals surface area contributed by atoms with E-state index in [4.69, 9.17) is 0 Å². The molecule has 1 atom stereocenters. The molecule has 4 rings (SSSR count). The van der Waals surface area contributed by atoms with Crippen LogP contribution >= 0.6 is 11.3 Å². The number of piperidine rings is 1. The lowest BCUT2D eigenvalue weighted by molar-refractivity contribution is 0.253. The first-order chi connectivity index (χ1) is 7.84. The molecule has 0 N–H and O–H groups in total. The highest BCUT2D eigenvalue weighted by atomic mass is 32.1. The zero-order valence-corrected chi connectivity index (χ0v) is 10.2. The van der Waals surface area contributed by atoms with Crippen LogP contribution in [0.2, 0.25) is 0 Å². The van der Waals surface area contributed by atoms with Crippen LogP contribution in [0.25, 0.3) is 21.3 Å². The molecule has 0 aromatic carbocycles. The number of nitrogens with zero attached hydrogens (tertiary/aromatic N) is 2. The Bertz CT molecular complexity index is 573. The van der Waals surface area contributed by atoms with Crippen molar-refractivity contribution in [2.24, 2.45) is 0 Å². The molecule has 0 bridgehead atoms. The molecule has 2 aliphatic rings. The molecule has 0 spiro atoms. The number of likely N-dealkylation sites (N-methyl/N-ethyl adjacent to an activating group) is 1. The van der Waals surface area contributed by atoms with Crippen molar-refractivity contribution in [3.05, 3.63) is 17.1 Å².